The van der Waals surface area contributed by atoms with Gasteiger partial charge in [-0.15, -0.1) is 0 Å². The maximum absolute atomic E-state index is 12.8. The first-order chi connectivity index (χ1) is 12.0. The van der Waals surface area contributed by atoms with Crippen molar-refractivity contribution in [1.82, 2.24) is 4.90 Å². The summed E-state index contributed by atoms with van der Waals surface area (Å²) in [6.45, 7) is 1.04. The van der Waals surface area contributed by atoms with Crippen LogP contribution in [0.1, 0.15) is 23.2 Å². The van der Waals surface area contributed by atoms with E-state index in [1.807, 2.05) is 24.3 Å². The third-order valence-electron chi connectivity index (χ3n) is 4.90. The summed E-state index contributed by atoms with van der Waals surface area (Å²) in [6.07, 6.45) is 4.12. The van der Waals surface area contributed by atoms with Crippen molar-refractivity contribution in [3.8, 4) is 0 Å². The van der Waals surface area contributed by atoms with Crippen LogP contribution in [0.3, 0.4) is 0 Å². The van der Waals surface area contributed by atoms with Gasteiger partial charge in [0.25, 0.3) is 5.91 Å². The highest BCUT2D eigenvalue weighted by atomic mass is 32.2. The first-order valence-corrected chi connectivity index (χ1v) is 9.58. The number of para-hydroxylation sites is 2. The van der Waals surface area contributed by atoms with Gasteiger partial charge in [0.15, 0.2) is 0 Å². The third kappa shape index (κ3) is 2.48. The highest BCUT2D eigenvalue weighted by Gasteiger charge is 2.43. The fraction of sp³-hybridized carbons (Fsp3) is 0.353. The van der Waals surface area contributed by atoms with Gasteiger partial charge in [-0.3, -0.25) is 9.10 Å². The molecular weight excluding hydrogens is 342 g/mol. The molecule has 132 valence electrons. The van der Waals surface area contributed by atoms with Crippen molar-refractivity contribution >= 4 is 27.5 Å². The van der Waals surface area contributed by atoms with Gasteiger partial charge in [-0.05, 0) is 31.0 Å². The molecule has 0 spiro atoms. The number of amides is 1. The van der Waals surface area contributed by atoms with Crippen molar-refractivity contribution in [2.75, 3.05) is 28.7 Å². The number of likely N-dealkylation sites (tertiary alicyclic amines) is 1. The lowest BCUT2D eigenvalue weighted by atomic mass is 10.0. The first-order valence-electron chi connectivity index (χ1n) is 8.19. The summed E-state index contributed by atoms with van der Waals surface area (Å²) in [5.74, 6) is -0.0750. The van der Waals surface area contributed by atoms with Gasteiger partial charge in [0.2, 0.25) is 0 Å². The molecule has 2 aromatic rings. The second-order valence-electron chi connectivity index (χ2n) is 6.30. The normalized spacial score (nSPS) is 20.0. The molecule has 7 nitrogen and oxygen atoms in total. The minimum absolute atomic E-state index is 0.0750. The van der Waals surface area contributed by atoms with Crippen LogP contribution < -0.4 is 8.61 Å². The predicted octanol–water partition coefficient (Wildman–Crippen LogP) is 2.09. The topological polar surface area (TPSA) is 74.1 Å². The Labute approximate surface area is 146 Å². The van der Waals surface area contributed by atoms with E-state index in [0.717, 1.165) is 0 Å². The molecule has 2 aliphatic rings. The zero-order valence-electron chi connectivity index (χ0n) is 13.8. The summed E-state index contributed by atoms with van der Waals surface area (Å²) in [6, 6.07) is 8.82. The second-order valence-corrected chi connectivity index (χ2v) is 8.13. The van der Waals surface area contributed by atoms with E-state index in [9.17, 15) is 13.2 Å². The number of hydrogen-bond acceptors (Lipinski definition) is 4. The van der Waals surface area contributed by atoms with E-state index in [1.54, 1.807) is 18.0 Å². The Morgan fingerprint density at radius 1 is 1.12 bits per heavy atom. The largest absolute Gasteiger partial charge is 0.472 e. The standard InChI is InChI=1S/C17H19N3O4S/c1-18-15-4-2-3-5-16(15)20(25(18,22)23)14-6-9-19(10-7-14)17(21)13-8-11-24-12-13/h2-5,8,11-12,14H,6-7,9-10H2,1H3. The molecule has 4 rings (SSSR count). The van der Waals surface area contributed by atoms with Crippen LogP contribution in [-0.4, -0.2) is 45.4 Å². The van der Waals surface area contributed by atoms with Crippen LogP contribution in [0.2, 0.25) is 0 Å². The minimum Gasteiger partial charge on any atom is -0.472 e. The smallest absolute Gasteiger partial charge is 0.326 e. The number of furan rings is 1. The molecule has 0 bridgehead atoms. The maximum Gasteiger partial charge on any atom is 0.326 e. The lowest BCUT2D eigenvalue weighted by molar-refractivity contribution is 0.0715. The fourth-order valence-electron chi connectivity index (χ4n) is 3.55. The number of carbonyl (C=O) groups is 1. The molecule has 25 heavy (non-hydrogen) atoms. The van der Waals surface area contributed by atoms with E-state index in [-0.39, 0.29) is 11.9 Å². The lowest BCUT2D eigenvalue weighted by Gasteiger charge is -2.36. The van der Waals surface area contributed by atoms with Crippen molar-refractivity contribution in [2.24, 2.45) is 0 Å². The third-order valence-corrected chi connectivity index (χ3v) is 6.79. The molecule has 1 amide bonds. The molecule has 1 aromatic carbocycles. The van der Waals surface area contributed by atoms with Gasteiger partial charge in [-0.2, -0.15) is 8.42 Å². The van der Waals surface area contributed by atoms with Gasteiger partial charge in [-0.25, -0.2) is 4.31 Å². The van der Waals surface area contributed by atoms with Crippen molar-refractivity contribution in [3.63, 3.8) is 0 Å². The number of rotatable bonds is 2. The van der Waals surface area contributed by atoms with Crippen LogP contribution in [0, 0.1) is 0 Å². The van der Waals surface area contributed by atoms with Crippen LogP contribution in [-0.2, 0) is 10.2 Å². The van der Waals surface area contributed by atoms with Crippen molar-refractivity contribution in [1.29, 1.82) is 0 Å². The van der Waals surface area contributed by atoms with E-state index in [2.05, 4.69) is 0 Å². The number of benzene rings is 1. The number of fused-ring (bicyclic) bond motifs is 1. The number of piperidine rings is 1. The predicted molar refractivity (Wildman–Crippen MR) is 93.9 cm³/mol. The Bertz CT molecular complexity index is 886. The monoisotopic (exact) mass is 361 g/mol. The average Bonchev–Trinajstić information content (AvgIpc) is 3.22. The molecule has 0 saturated carbocycles. The summed E-state index contributed by atoms with van der Waals surface area (Å²) in [4.78, 5) is 14.1. The van der Waals surface area contributed by atoms with Crippen LogP contribution in [0.25, 0.3) is 0 Å². The number of carbonyl (C=O) groups excluding carboxylic acids is 1. The summed E-state index contributed by atoms with van der Waals surface area (Å²) in [5.41, 5.74) is 1.93. The van der Waals surface area contributed by atoms with Gasteiger partial charge in [0, 0.05) is 20.1 Å². The Kier molecular flexibility index (Phi) is 3.72. The zero-order chi connectivity index (χ0) is 17.6. The summed E-state index contributed by atoms with van der Waals surface area (Å²) < 4.78 is 33.4. The molecule has 1 saturated heterocycles. The fourth-order valence-corrected chi connectivity index (χ4v) is 5.21. The van der Waals surface area contributed by atoms with E-state index >= 15 is 0 Å². The first kappa shape index (κ1) is 16.0. The summed E-state index contributed by atoms with van der Waals surface area (Å²) >= 11 is 0. The molecule has 3 heterocycles. The molecule has 1 aromatic heterocycles. The van der Waals surface area contributed by atoms with Gasteiger partial charge < -0.3 is 9.32 Å². The minimum atomic E-state index is -3.56. The van der Waals surface area contributed by atoms with Crippen LogP contribution in [0.4, 0.5) is 11.4 Å². The number of hydrogen-bond donors (Lipinski definition) is 0. The van der Waals surface area contributed by atoms with Crippen molar-refractivity contribution < 1.29 is 17.6 Å². The van der Waals surface area contributed by atoms with E-state index < -0.39 is 10.2 Å². The summed E-state index contributed by atoms with van der Waals surface area (Å²) in [7, 11) is -1.98. The van der Waals surface area contributed by atoms with E-state index in [1.165, 1.54) is 21.1 Å². The molecule has 1 fully saturated rings. The van der Waals surface area contributed by atoms with Crippen molar-refractivity contribution in [3.05, 3.63) is 48.4 Å². The van der Waals surface area contributed by atoms with Gasteiger partial charge in [0.05, 0.1) is 29.2 Å². The lowest BCUT2D eigenvalue weighted by Crippen LogP contribution is -2.49. The number of nitrogens with zero attached hydrogens (tertiary/aromatic N) is 3. The van der Waals surface area contributed by atoms with Crippen LogP contribution in [0.5, 0.6) is 0 Å². The summed E-state index contributed by atoms with van der Waals surface area (Å²) in [5, 5.41) is 0. The molecule has 0 N–H and O–H groups in total. The van der Waals surface area contributed by atoms with Gasteiger partial charge in [-0.1, -0.05) is 12.1 Å². The molecule has 0 atom stereocenters. The molecule has 2 aliphatic heterocycles. The molecule has 0 radical (unpaired) electrons. The maximum atomic E-state index is 12.8. The Morgan fingerprint density at radius 2 is 1.80 bits per heavy atom. The number of anilines is 2. The second kappa shape index (κ2) is 5.80. The Hall–Kier alpha value is -2.48. The van der Waals surface area contributed by atoms with Crippen LogP contribution >= 0.6 is 0 Å². The Morgan fingerprint density at radius 3 is 2.44 bits per heavy atom. The van der Waals surface area contributed by atoms with Crippen molar-refractivity contribution in [2.45, 2.75) is 18.9 Å². The SMILES string of the molecule is CN1c2ccccc2N(C2CCN(C(=O)c3ccoc3)CC2)S1(=O)=O. The highest BCUT2D eigenvalue weighted by molar-refractivity contribution is 7.94. The molecule has 8 heteroatoms. The highest BCUT2D eigenvalue weighted by Crippen LogP contribution is 2.42. The van der Waals surface area contributed by atoms with Crippen LogP contribution in [0.15, 0.2) is 47.3 Å². The molecular formula is C17H19N3O4S. The van der Waals surface area contributed by atoms with E-state index in [4.69, 9.17) is 4.42 Å². The van der Waals surface area contributed by atoms with E-state index in [0.29, 0.717) is 42.9 Å². The zero-order valence-corrected chi connectivity index (χ0v) is 14.6. The molecule has 0 unspecified atom stereocenters. The van der Waals surface area contributed by atoms with Gasteiger partial charge in [0.1, 0.15) is 6.26 Å². The Balaban J connectivity index is 1.54. The average molecular weight is 361 g/mol. The quantitative estimate of drug-likeness (QED) is 0.821. The molecule has 0 aliphatic carbocycles. The van der Waals surface area contributed by atoms with Gasteiger partial charge >= 0.3 is 10.2 Å².